The van der Waals surface area contributed by atoms with Gasteiger partial charge in [0.1, 0.15) is 0 Å². The highest BCUT2D eigenvalue weighted by molar-refractivity contribution is 7.85. The lowest BCUT2D eigenvalue weighted by Gasteiger charge is -2.28. The molecule has 0 aliphatic rings. The number of hydrogen-bond donors (Lipinski definition) is 1. The van der Waals surface area contributed by atoms with Crippen molar-refractivity contribution in [2.24, 2.45) is 0 Å². The van der Waals surface area contributed by atoms with Gasteiger partial charge in [0.05, 0.1) is 36.3 Å². The maximum absolute atomic E-state index is 10.4. The van der Waals surface area contributed by atoms with Crippen LogP contribution in [-0.4, -0.2) is 55.8 Å². The summed E-state index contributed by atoms with van der Waals surface area (Å²) in [4.78, 5) is 10.4. The zero-order valence-corrected chi connectivity index (χ0v) is 21.1. The van der Waals surface area contributed by atoms with Crippen molar-refractivity contribution in [1.82, 2.24) is 0 Å². The van der Waals surface area contributed by atoms with Gasteiger partial charge in [-0.15, -0.1) is 6.54 Å². The molecule has 0 unspecified atom stereocenters. The van der Waals surface area contributed by atoms with Gasteiger partial charge in [-0.05, 0) is 31.8 Å². The van der Waals surface area contributed by atoms with E-state index in [2.05, 4.69) is 39.6 Å². The van der Waals surface area contributed by atoms with E-state index in [1.165, 1.54) is 51.4 Å². The van der Waals surface area contributed by atoms with E-state index in [0.717, 1.165) is 6.08 Å². The molecule has 0 bridgehead atoms. The molecule has 0 fully saturated rings. The lowest BCUT2D eigenvalue weighted by Crippen LogP contribution is -2.12. The summed E-state index contributed by atoms with van der Waals surface area (Å²) in [5.41, 5.74) is 0. The Hall–Kier alpha value is -0.450. The first kappa shape index (κ1) is 30.7. The van der Waals surface area contributed by atoms with Crippen molar-refractivity contribution >= 4 is 23.3 Å². The molecule has 0 rings (SSSR count). The third kappa shape index (κ3) is 20.6. The molecule has 0 aromatic rings. The van der Waals surface area contributed by atoms with Crippen LogP contribution in [0.15, 0.2) is 12.7 Å². The van der Waals surface area contributed by atoms with Gasteiger partial charge in [-0.2, -0.15) is 8.42 Å². The molecule has 0 aromatic carbocycles. The van der Waals surface area contributed by atoms with Gasteiger partial charge in [0.15, 0.2) is 0 Å². The Bertz CT molecular complexity index is 471. The minimum Gasteiger partial charge on any atom is -0.650 e. The van der Waals surface area contributed by atoms with Gasteiger partial charge in [-0.25, -0.2) is 0 Å². The zero-order valence-electron chi connectivity index (χ0n) is 19.4. The quantitative estimate of drug-likeness (QED) is 0.117. The van der Waals surface area contributed by atoms with Crippen molar-refractivity contribution in [1.29, 1.82) is 0 Å². The fourth-order valence-electron chi connectivity index (χ4n) is 3.15. The standard InChI is InChI=1S/C16H36P.C6H11NO4S/c1-5-9-13-17(14-10-6-2,15-11-7-3)16-12-8-4;1-2-6(8)7-4-3-5-12(9,10)11/h5-16H2,1-4H3;2H,1,3-5H2,(H2,7,8,9,10,11)/q+1;/p-1. The van der Waals surface area contributed by atoms with Gasteiger partial charge in [-0.1, -0.05) is 66.4 Å². The van der Waals surface area contributed by atoms with E-state index in [0.29, 0.717) is 0 Å². The summed E-state index contributed by atoms with van der Waals surface area (Å²) in [6, 6.07) is 0. The molecule has 0 saturated carbocycles. The summed E-state index contributed by atoms with van der Waals surface area (Å²) in [6.45, 7) is 12.7. The van der Waals surface area contributed by atoms with E-state index in [4.69, 9.17) is 4.55 Å². The molecule has 174 valence electrons. The zero-order chi connectivity index (χ0) is 22.6. The predicted molar refractivity (Wildman–Crippen MR) is 130 cm³/mol. The first-order valence-electron chi connectivity index (χ1n) is 11.3. The van der Waals surface area contributed by atoms with E-state index in [9.17, 15) is 13.2 Å². The van der Waals surface area contributed by atoms with Crippen molar-refractivity contribution in [3.05, 3.63) is 18.0 Å². The normalized spacial score (nSPS) is 11.5. The van der Waals surface area contributed by atoms with Crippen LogP contribution in [0.5, 0.6) is 0 Å². The molecule has 0 heterocycles. The maximum Gasteiger partial charge on any atom is 0.264 e. The Morgan fingerprint density at radius 3 is 1.52 bits per heavy atom. The number of rotatable bonds is 17. The summed E-state index contributed by atoms with van der Waals surface area (Å²) < 4.78 is 28.6. The predicted octanol–water partition coefficient (Wildman–Crippen LogP) is 6.56. The molecule has 1 N–H and O–H groups in total. The smallest absolute Gasteiger partial charge is 0.264 e. The highest BCUT2D eigenvalue weighted by atomic mass is 32.2. The SMILES string of the molecule is C=CC(=O)[N-]CCCS(=O)(=O)O.CCCC[P+](CCCC)(CCCC)CCCC. The van der Waals surface area contributed by atoms with Crippen LogP contribution in [0.4, 0.5) is 0 Å². The molecule has 5 nitrogen and oxygen atoms in total. The number of nitrogens with zero attached hydrogens (tertiary/aromatic N) is 1. The van der Waals surface area contributed by atoms with Gasteiger partial charge in [0, 0.05) is 7.26 Å². The number of carbonyl (C=O) groups excluding carboxylic acids is 1. The van der Waals surface area contributed by atoms with Crippen molar-refractivity contribution in [3.63, 3.8) is 0 Å². The molecule has 0 spiro atoms. The fraction of sp³-hybridized carbons (Fsp3) is 0.864. The largest absolute Gasteiger partial charge is 0.650 e. The highest BCUT2D eigenvalue weighted by Crippen LogP contribution is 2.61. The lowest BCUT2D eigenvalue weighted by molar-refractivity contribution is -0.111. The average Bonchev–Trinajstić information content (AvgIpc) is 2.69. The van der Waals surface area contributed by atoms with E-state index >= 15 is 0 Å². The molecule has 29 heavy (non-hydrogen) atoms. The Morgan fingerprint density at radius 1 is 0.862 bits per heavy atom. The van der Waals surface area contributed by atoms with Crippen molar-refractivity contribution in [3.8, 4) is 0 Å². The van der Waals surface area contributed by atoms with E-state index in [-0.39, 0.29) is 18.7 Å². The molecular weight excluding hydrogens is 405 g/mol. The molecule has 0 aliphatic carbocycles. The van der Waals surface area contributed by atoms with Crippen LogP contribution in [0, 0.1) is 0 Å². The second-order valence-electron chi connectivity index (χ2n) is 7.71. The topological polar surface area (TPSA) is 85.5 Å². The third-order valence-corrected chi connectivity index (χ3v) is 10.8. The summed E-state index contributed by atoms with van der Waals surface area (Å²) >= 11 is 0. The average molecular weight is 452 g/mol. The lowest BCUT2D eigenvalue weighted by atomic mass is 10.4. The Kier molecular flexibility index (Phi) is 20.7. The van der Waals surface area contributed by atoms with E-state index in [1.807, 2.05) is 0 Å². The minimum absolute atomic E-state index is 0.0879. The Balaban J connectivity index is 0. The molecular formula is C22H46NO4PS. The van der Waals surface area contributed by atoms with Gasteiger partial charge in [-0.3, -0.25) is 4.55 Å². The summed E-state index contributed by atoms with van der Waals surface area (Å²) in [5.74, 6) is -0.855. The fourth-order valence-corrected chi connectivity index (χ4v) is 8.93. The van der Waals surface area contributed by atoms with Crippen molar-refractivity contribution in [2.45, 2.75) is 85.5 Å². The number of carbonyl (C=O) groups is 1. The maximum atomic E-state index is 10.4. The Labute approximate surface area is 181 Å². The van der Waals surface area contributed by atoms with Crippen LogP contribution < -0.4 is 0 Å². The van der Waals surface area contributed by atoms with Gasteiger partial charge in [0.25, 0.3) is 10.1 Å². The van der Waals surface area contributed by atoms with Crippen LogP contribution >= 0.6 is 7.26 Å². The summed E-state index contributed by atoms with van der Waals surface area (Å²) in [7, 11) is -4.49. The van der Waals surface area contributed by atoms with Crippen LogP contribution in [0.3, 0.4) is 0 Å². The highest BCUT2D eigenvalue weighted by Gasteiger charge is 2.34. The van der Waals surface area contributed by atoms with Crippen LogP contribution in [0.25, 0.3) is 5.32 Å². The van der Waals surface area contributed by atoms with Crippen molar-refractivity contribution in [2.75, 3.05) is 36.9 Å². The van der Waals surface area contributed by atoms with Gasteiger partial charge >= 0.3 is 0 Å². The summed E-state index contributed by atoms with van der Waals surface area (Å²) in [5, 5.41) is 3.41. The molecule has 0 aliphatic heterocycles. The molecule has 0 atom stereocenters. The second-order valence-corrected chi connectivity index (χ2v) is 13.8. The van der Waals surface area contributed by atoms with Crippen LogP contribution in [0.2, 0.25) is 0 Å². The molecule has 7 heteroatoms. The van der Waals surface area contributed by atoms with E-state index < -0.39 is 23.3 Å². The molecule has 0 aromatic heterocycles. The molecule has 0 saturated heterocycles. The number of amides is 1. The Morgan fingerprint density at radius 2 is 1.24 bits per heavy atom. The van der Waals surface area contributed by atoms with Crippen molar-refractivity contribution < 1.29 is 17.8 Å². The minimum atomic E-state index is -3.93. The number of unbranched alkanes of at least 4 members (excludes halogenated alkanes) is 4. The van der Waals surface area contributed by atoms with Gasteiger partial charge < -0.3 is 10.1 Å². The second kappa shape index (κ2) is 19.5. The van der Waals surface area contributed by atoms with Gasteiger partial charge in [0.2, 0.25) is 0 Å². The van der Waals surface area contributed by atoms with Crippen LogP contribution in [-0.2, 0) is 14.9 Å². The molecule has 0 radical (unpaired) electrons. The summed E-state index contributed by atoms with van der Waals surface area (Å²) in [6.07, 6.45) is 19.1. The van der Waals surface area contributed by atoms with E-state index in [1.54, 1.807) is 24.6 Å². The first-order valence-corrected chi connectivity index (χ1v) is 15.5. The first-order chi connectivity index (χ1) is 13.7. The van der Waals surface area contributed by atoms with Crippen LogP contribution in [0.1, 0.15) is 85.5 Å². The monoisotopic (exact) mass is 451 g/mol. The molecule has 1 amide bonds. The third-order valence-electron chi connectivity index (χ3n) is 4.95. The number of hydrogen-bond acceptors (Lipinski definition) is 3.